The highest BCUT2D eigenvalue weighted by Gasteiger charge is 2.23. The highest BCUT2D eigenvalue weighted by molar-refractivity contribution is 7.99. The molecular formula is C16H15N3O2S3. The van der Waals surface area contributed by atoms with Gasteiger partial charge in [0.15, 0.2) is 0 Å². The molecule has 1 fully saturated rings. The Morgan fingerprint density at radius 1 is 1.42 bits per heavy atom. The Morgan fingerprint density at radius 3 is 3.04 bits per heavy atom. The number of thiophene rings is 2. The van der Waals surface area contributed by atoms with Crippen LogP contribution in [0.2, 0.25) is 0 Å². The van der Waals surface area contributed by atoms with Crippen LogP contribution in [0.4, 0.5) is 0 Å². The minimum Gasteiger partial charge on any atom is -0.353 e. The molecule has 0 bridgehead atoms. The highest BCUT2D eigenvalue weighted by Crippen LogP contribution is 2.33. The molecule has 4 rings (SSSR count). The monoisotopic (exact) mass is 377 g/mol. The average molecular weight is 378 g/mol. The van der Waals surface area contributed by atoms with Crippen molar-refractivity contribution >= 4 is 50.6 Å². The number of nitrogens with zero attached hydrogens (tertiary/aromatic N) is 1. The number of nitrogens with one attached hydrogen (secondary N) is 2. The number of rotatable bonds is 6. The number of aromatic amines is 1. The summed E-state index contributed by atoms with van der Waals surface area (Å²) in [5.74, 6) is 1.59. The summed E-state index contributed by atoms with van der Waals surface area (Å²) < 4.78 is 0. The molecule has 3 aromatic heterocycles. The fourth-order valence-electron chi connectivity index (χ4n) is 2.41. The largest absolute Gasteiger partial charge is 0.353 e. The molecule has 0 spiro atoms. The normalized spacial score (nSPS) is 14.2. The molecule has 2 N–H and O–H groups in total. The number of carbonyl (C=O) groups excluding carboxylic acids is 1. The second-order valence-corrected chi connectivity index (χ2v) is 8.45. The van der Waals surface area contributed by atoms with Gasteiger partial charge < -0.3 is 10.3 Å². The summed E-state index contributed by atoms with van der Waals surface area (Å²) in [6.45, 7) is 0. The molecule has 124 valence electrons. The van der Waals surface area contributed by atoms with Gasteiger partial charge in [-0.25, -0.2) is 4.98 Å². The Balaban J connectivity index is 1.49. The Hall–Kier alpha value is -1.64. The second kappa shape index (κ2) is 6.70. The van der Waals surface area contributed by atoms with Crippen molar-refractivity contribution in [1.29, 1.82) is 0 Å². The van der Waals surface area contributed by atoms with Crippen molar-refractivity contribution in [3.63, 3.8) is 0 Å². The van der Waals surface area contributed by atoms with Crippen LogP contribution in [-0.4, -0.2) is 27.7 Å². The Morgan fingerprint density at radius 2 is 2.29 bits per heavy atom. The smallest absolute Gasteiger partial charge is 0.260 e. The van der Waals surface area contributed by atoms with Gasteiger partial charge in [-0.2, -0.15) is 0 Å². The summed E-state index contributed by atoms with van der Waals surface area (Å²) in [6, 6.07) is 4.37. The van der Waals surface area contributed by atoms with Crippen LogP contribution in [0.3, 0.4) is 0 Å². The maximum Gasteiger partial charge on any atom is 0.260 e. The van der Waals surface area contributed by atoms with Crippen molar-refractivity contribution in [3.05, 3.63) is 39.1 Å². The van der Waals surface area contributed by atoms with Gasteiger partial charge in [0, 0.05) is 21.9 Å². The van der Waals surface area contributed by atoms with Gasteiger partial charge in [0.2, 0.25) is 5.91 Å². The van der Waals surface area contributed by atoms with Crippen LogP contribution in [0.5, 0.6) is 0 Å². The average Bonchev–Trinajstić information content (AvgIpc) is 3.03. The lowest BCUT2D eigenvalue weighted by Crippen LogP contribution is -2.27. The van der Waals surface area contributed by atoms with Crippen molar-refractivity contribution in [2.24, 2.45) is 0 Å². The van der Waals surface area contributed by atoms with E-state index in [-0.39, 0.29) is 11.5 Å². The fourth-order valence-corrected chi connectivity index (χ4v) is 4.89. The van der Waals surface area contributed by atoms with E-state index in [2.05, 4.69) is 15.3 Å². The molecular weight excluding hydrogens is 362 g/mol. The standard InChI is InChI=1S/C16H15N3O2S3/c20-13(17-9-3-4-9)8-22-7-12-18-15(21)14-10(6-24-16(14)19-12)11-2-1-5-23-11/h1-2,5-6,9H,3-4,7-8H2,(H,17,20)(H,18,19,21). The van der Waals surface area contributed by atoms with Crippen LogP contribution < -0.4 is 10.9 Å². The van der Waals surface area contributed by atoms with E-state index < -0.39 is 0 Å². The maximum atomic E-state index is 12.5. The minimum atomic E-state index is -0.109. The van der Waals surface area contributed by atoms with Crippen molar-refractivity contribution in [3.8, 4) is 10.4 Å². The van der Waals surface area contributed by atoms with Crippen molar-refractivity contribution in [2.75, 3.05) is 5.75 Å². The van der Waals surface area contributed by atoms with E-state index in [1.165, 1.54) is 23.1 Å². The van der Waals surface area contributed by atoms with E-state index in [0.717, 1.165) is 28.1 Å². The number of H-pyrrole nitrogens is 1. The third-order valence-corrected chi connectivity index (χ3v) is 6.41. The van der Waals surface area contributed by atoms with Gasteiger partial charge >= 0.3 is 0 Å². The zero-order valence-electron chi connectivity index (χ0n) is 12.7. The third kappa shape index (κ3) is 3.40. The number of hydrogen-bond acceptors (Lipinski definition) is 6. The van der Waals surface area contributed by atoms with Gasteiger partial charge in [0.25, 0.3) is 5.56 Å². The Kier molecular flexibility index (Phi) is 4.43. The van der Waals surface area contributed by atoms with E-state index in [1.807, 2.05) is 22.9 Å². The zero-order valence-corrected chi connectivity index (χ0v) is 15.2. The van der Waals surface area contributed by atoms with E-state index in [1.54, 1.807) is 11.3 Å². The Labute approximate surface area is 150 Å². The topological polar surface area (TPSA) is 74.8 Å². The summed E-state index contributed by atoms with van der Waals surface area (Å²) in [5.41, 5.74) is 0.837. The molecule has 0 atom stereocenters. The molecule has 3 heterocycles. The molecule has 1 amide bonds. The number of aromatic nitrogens is 2. The molecule has 3 aromatic rings. The molecule has 24 heavy (non-hydrogen) atoms. The number of hydrogen-bond donors (Lipinski definition) is 2. The van der Waals surface area contributed by atoms with Gasteiger partial charge in [0.05, 0.1) is 16.9 Å². The highest BCUT2D eigenvalue weighted by atomic mass is 32.2. The van der Waals surface area contributed by atoms with Crippen molar-refractivity contribution < 1.29 is 4.79 Å². The SMILES string of the molecule is O=C(CSCc1nc2scc(-c3cccs3)c2c(=O)[nH]1)NC1CC1. The number of carbonyl (C=O) groups is 1. The van der Waals surface area contributed by atoms with Crippen LogP contribution in [0.15, 0.2) is 27.7 Å². The summed E-state index contributed by atoms with van der Waals surface area (Å²) in [7, 11) is 0. The molecule has 0 radical (unpaired) electrons. The second-order valence-electron chi connectivity index (χ2n) is 5.65. The summed E-state index contributed by atoms with van der Waals surface area (Å²) in [4.78, 5) is 33.4. The van der Waals surface area contributed by atoms with Gasteiger partial charge in [0.1, 0.15) is 10.7 Å². The van der Waals surface area contributed by atoms with E-state index in [0.29, 0.717) is 28.8 Å². The molecule has 1 aliphatic rings. The first-order valence-electron chi connectivity index (χ1n) is 7.62. The number of thioether (sulfide) groups is 1. The molecule has 5 nitrogen and oxygen atoms in total. The number of fused-ring (bicyclic) bond motifs is 1. The zero-order chi connectivity index (χ0) is 16.5. The van der Waals surface area contributed by atoms with Gasteiger partial charge in [-0.3, -0.25) is 9.59 Å². The quantitative estimate of drug-likeness (QED) is 0.692. The minimum absolute atomic E-state index is 0.0574. The van der Waals surface area contributed by atoms with Crippen LogP contribution in [0.1, 0.15) is 18.7 Å². The predicted octanol–water partition coefficient (Wildman–Crippen LogP) is 3.22. The first-order chi connectivity index (χ1) is 11.7. The van der Waals surface area contributed by atoms with Crippen molar-refractivity contribution in [2.45, 2.75) is 24.6 Å². The van der Waals surface area contributed by atoms with Gasteiger partial charge in [-0.15, -0.1) is 34.4 Å². The number of amides is 1. The van der Waals surface area contributed by atoms with E-state index in [4.69, 9.17) is 0 Å². The summed E-state index contributed by atoms with van der Waals surface area (Å²) >= 11 is 4.56. The summed E-state index contributed by atoms with van der Waals surface area (Å²) in [6.07, 6.45) is 2.18. The Bertz CT molecular complexity index is 926. The predicted molar refractivity (Wildman–Crippen MR) is 101 cm³/mol. The molecule has 0 aromatic carbocycles. The van der Waals surface area contributed by atoms with Gasteiger partial charge in [-0.1, -0.05) is 6.07 Å². The molecule has 1 aliphatic carbocycles. The molecule has 0 unspecified atom stereocenters. The first-order valence-corrected chi connectivity index (χ1v) is 10.5. The first kappa shape index (κ1) is 15.9. The summed E-state index contributed by atoms with van der Waals surface area (Å²) in [5, 5.41) is 7.59. The van der Waals surface area contributed by atoms with Crippen LogP contribution in [0.25, 0.3) is 20.7 Å². The van der Waals surface area contributed by atoms with Crippen molar-refractivity contribution in [1.82, 2.24) is 15.3 Å². The maximum absolute atomic E-state index is 12.5. The van der Waals surface area contributed by atoms with E-state index in [9.17, 15) is 9.59 Å². The lowest BCUT2D eigenvalue weighted by atomic mass is 10.2. The lowest BCUT2D eigenvalue weighted by Gasteiger charge is -2.03. The van der Waals surface area contributed by atoms with Crippen LogP contribution in [0, 0.1) is 0 Å². The van der Waals surface area contributed by atoms with Gasteiger partial charge in [-0.05, 0) is 24.3 Å². The molecule has 8 heteroatoms. The van der Waals surface area contributed by atoms with Crippen LogP contribution in [-0.2, 0) is 10.5 Å². The molecule has 0 saturated heterocycles. The molecule has 0 aliphatic heterocycles. The molecule has 1 saturated carbocycles. The third-order valence-electron chi connectivity index (χ3n) is 3.69. The van der Waals surface area contributed by atoms with E-state index >= 15 is 0 Å². The van der Waals surface area contributed by atoms with Crippen LogP contribution >= 0.6 is 34.4 Å². The lowest BCUT2D eigenvalue weighted by molar-refractivity contribution is -0.118. The fraction of sp³-hybridized carbons (Fsp3) is 0.312.